The summed E-state index contributed by atoms with van der Waals surface area (Å²) in [5.41, 5.74) is 4.84. The van der Waals surface area contributed by atoms with Crippen LogP contribution in [0.2, 0.25) is 0 Å². The van der Waals surface area contributed by atoms with Gasteiger partial charge in [0.05, 0.1) is 39.5 Å². The molecule has 5 aromatic carbocycles. The number of esters is 1. The van der Waals surface area contributed by atoms with Crippen LogP contribution in [0.25, 0.3) is 0 Å². The number of ether oxygens (including phenoxy) is 7. The van der Waals surface area contributed by atoms with Crippen molar-refractivity contribution in [1.82, 2.24) is 0 Å². The van der Waals surface area contributed by atoms with Gasteiger partial charge >= 0.3 is 5.97 Å². The third kappa shape index (κ3) is 8.84. The molecule has 0 aliphatic carbocycles. The first-order chi connectivity index (χ1) is 24.7. The summed E-state index contributed by atoms with van der Waals surface area (Å²) in [6, 6.07) is 45.3. The molecule has 256 valence electrons. The van der Waals surface area contributed by atoms with Gasteiger partial charge in [0.2, 0.25) is 6.29 Å². The second-order valence-electron chi connectivity index (χ2n) is 12.4. The van der Waals surface area contributed by atoms with Gasteiger partial charge in [-0.3, -0.25) is 4.79 Å². The summed E-state index contributed by atoms with van der Waals surface area (Å²) in [4.78, 5) is 12.0. The molecule has 7 rings (SSSR count). The van der Waals surface area contributed by atoms with E-state index in [1.165, 1.54) is 0 Å². The van der Waals surface area contributed by atoms with Crippen molar-refractivity contribution < 1.29 is 38.0 Å². The molecule has 5 atom stereocenters. The zero-order valence-corrected chi connectivity index (χ0v) is 27.7. The van der Waals surface area contributed by atoms with Crippen molar-refractivity contribution in [3.8, 4) is 11.5 Å². The lowest BCUT2D eigenvalue weighted by molar-refractivity contribution is -0.310. The van der Waals surface area contributed by atoms with E-state index in [0.29, 0.717) is 37.9 Å². The fraction of sp³-hybridized carbons (Fsp3) is 0.262. The summed E-state index contributed by atoms with van der Waals surface area (Å²) in [6.45, 7) is 1.58. The maximum atomic E-state index is 12.0. The lowest BCUT2D eigenvalue weighted by Gasteiger charge is -2.45. The van der Waals surface area contributed by atoms with Crippen molar-refractivity contribution in [3.63, 3.8) is 0 Å². The Bertz CT molecular complexity index is 1780. The Hall–Kier alpha value is -4.83. The van der Waals surface area contributed by atoms with Gasteiger partial charge < -0.3 is 33.2 Å². The minimum absolute atomic E-state index is 0.181. The van der Waals surface area contributed by atoms with Crippen molar-refractivity contribution in [2.45, 2.75) is 63.6 Å². The SMILES string of the molecule is O=C1Cc2cc(O[C@H]3O[C@H](COCc4ccccc4)[C@@H](OCc4ccccc4)[C@H](OCc4ccccc4)[C@@H]3OCc3ccccc3)ccc2O1. The molecule has 0 bridgehead atoms. The minimum Gasteiger partial charge on any atom is -0.462 e. The van der Waals surface area contributed by atoms with E-state index in [-0.39, 0.29) is 19.0 Å². The number of hydrogen-bond acceptors (Lipinski definition) is 8. The third-order valence-electron chi connectivity index (χ3n) is 8.68. The molecule has 0 N–H and O–H groups in total. The molecule has 0 saturated carbocycles. The molecule has 1 fully saturated rings. The van der Waals surface area contributed by atoms with Crippen molar-refractivity contribution in [2.75, 3.05) is 6.61 Å². The normalized spacial score (nSPS) is 21.4. The van der Waals surface area contributed by atoms with Gasteiger partial charge in [0.15, 0.2) is 0 Å². The summed E-state index contributed by atoms with van der Waals surface area (Å²) < 4.78 is 45.2. The monoisotopic (exact) mass is 672 g/mol. The molecule has 5 aromatic rings. The average molecular weight is 673 g/mol. The second-order valence-corrected chi connectivity index (χ2v) is 12.4. The number of rotatable bonds is 15. The molecule has 2 aliphatic rings. The molecule has 2 aliphatic heterocycles. The van der Waals surface area contributed by atoms with E-state index >= 15 is 0 Å². The summed E-state index contributed by atoms with van der Waals surface area (Å²) in [6.07, 6.45) is -3.22. The first kappa shape index (κ1) is 33.7. The van der Waals surface area contributed by atoms with Gasteiger partial charge in [-0.1, -0.05) is 121 Å². The molecule has 8 nitrogen and oxygen atoms in total. The molecule has 2 heterocycles. The largest absolute Gasteiger partial charge is 0.462 e. The fourth-order valence-electron chi connectivity index (χ4n) is 6.16. The van der Waals surface area contributed by atoms with Crippen LogP contribution in [-0.2, 0) is 61.3 Å². The van der Waals surface area contributed by atoms with E-state index in [4.69, 9.17) is 33.2 Å². The third-order valence-corrected chi connectivity index (χ3v) is 8.68. The smallest absolute Gasteiger partial charge is 0.315 e. The minimum atomic E-state index is -0.905. The molecule has 0 spiro atoms. The Balaban J connectivity index is 1.21. The molecule has 50 heavy (non-hydrogen) atoms. The van der Waals surface area contributed by atoms with Crippen LogP contribution in [0.1, 0.15) is 27.8 Å². The molecule has 8 heteroatoms. The molecule has 0 amide bonds. The quantitative estimate of drug-likeness (QED) is 0.0852. The van der Waals surface area contributed by atoms with E-state index in [0.717, 1.165) is 27.8 Å². The Morgan fingerprint density at radius 3 is 1.62 bits per heavy atom. The lowest BCUT2D eigenvalue weighted by Crippen LogP contribution is -2.62. The molecule has 0 radical (unpaired) electrons. The topological polar surface area (TPSA) is 81.7 Å². The van der Waals surface area contributed by atoms with E-state index in [9.17, 15) is 4.79 Å². The van der Waals surface area contributed by atoms with E-state index in [2.05, 4.69) is 0 Å². The Morgan fingerprint density at radius 1 is 0.560 bits per heavy atom. The van der Waals surface area contributed by atoms with E-state index in [1.807, 2.05) is 127 Å². The first-order valence-electron chi connectivity index (χ1n) is 16.9. The van der Waals surface area contributed by atoms with Gasteiger partial charge in [0.1, 0.15) is 35.9 Å². The molecule has 1 saturated heterocycles. The highest BCUT2D eigenvalue weighted by Gasteiger charge is 2.50. The highest BCUT2D eigenvalue weighted by atomic mass is 16.7. The Labute approximate surface area is 292 Å². The van der Waals surface area contributed by atoms with Gasteiger partial charge in [-0.2, -0.15) is 0 Å². The first-order valence-corrected chi connectivity index (χ1v) is 16.9. The predicted molar refractivity (Wildman–Crippen MR) is 186 cm³/mol. The molecule has 0 aromatic heterocycles. The van der Waals surface area contributed by atoms with Gasteiger partial charge in [-0.05, 0) is 40.5 Å². The Kier molecular flexibility index (Phi) is 11.3. The molecular formula is C42H40O8. The van der Waals surface area contributed by atoms with E-state index in [1.54, 1.807) is 12.1 Å². The van der Waals surface area contributed by atoms with Gasteiger partial charge in [0, 0.05) is 5.56 Å². The Morgan fingerprint density at radius 2 is 1.06 bits per heavy atom. The number of hydrogen-bond donors (Lipinski definition) is 0. The summed E-state index contributed by atoms with van der Waals surface area (Å²) in [5.74, 6) is 0.766. The average Bonchev–Trinajstić information content (AvgIpc) is 3.54. The van der Waals surface area contributed by atoms with Crippen molar-refractivity contribution in [2.24, 2.45) is 0 Å². The number of benzene rings is 5. The van der Waals surface area contributed by atoms with Gasteiger partial charge in [-0.25, -0.2) is 0 Å². The highest BCUT2D eigenvalue weighted by Crippen LogP contribution is 2.35. The summed E-state index contributed by atoms with van der Waals surface area (Å²) in [5, 5.41) is 0. The number of carbonyl (C=O) groups is 1. The highest BCUT2D eigenvalue weighted by molar-refractivity contribution is 5.81. The maximum Gasteiger partial charge on any atom is 0.315 e. The van der Waals surface area contributed by atoms with Crippen LogP contribution >= 0.6 is 0 Å². The van der Waals surface area contributed by atoms with Crippen molar-refractivity contribution >= 4 is 5.97 Å². The van der Waals surface area contributed by atoms with Crippen LogP contribution in [0.15, 0.2) is 140 Å². The standard InChI is InChI=1S/C42H40O8/c43-38-24-34-23-35(21-22-36(34)49-38)48-42-41(47-28-33-19-11-4-12-20-33)40(46-27-32-17-9-3-10-18-32)39(45-26-31-15-7-2-8-16-31)37(50-42)29-44-25-30-13-5-1-6-14-30/h1-23,37,39-42H,24-29H2/t37-,39-,40+,41+,42+/m1/s1. The van der Waals surface area contributed by atoms with Crippen LogP contribution in [-0.4, -0.2) is 43.3 Å². The fourth-order valence-corrected chi connectivity index (χ4v) is 6.16. The number of fused-ring (bicyclic) bond motifs is 1. The number of carbonyl (C=O) groups excluding carboxylic acids is 1. The van der Waals surface area contributed by atoms with E-state index < -0.39 is 30.7 Å². The van der Waals surface area contributed by atoms with Crippen molar-refractivity contribution in [1.29, 1.82) is 0 Å². The van der Waals surface area contributed by atoms with Crippen LogP contribution in [0, 0.1) is 0 Å². The summed E-state index contributed by atoms with van der Waals surface area (Å²) >= 11 is 0. The lowest BCUT2D eigenvalue weighted by atomic mass is 9.97. The molecule has 0 unspecified atom stereocenters. The predicted octanol–water partition coefficient (Wildman–Crippen LogP) is 7.22. The van der Waals surface area contributed by atoms with Gasteiger partial charge in [0.25, 0.3) is 0 Å². The second kappa shape index (κ2) is 16.7. The van der Waals surface area contributed by atoms with Crippen molar-refractivity contribution in [3.05, 3.63) is 167 Å². The zero-order valence-electron chi connectivity index (χ0n) is 27.7. The zero-order chi connectivity index (χ0) is 34.0. The molecular weight excluding hydrogens is 632 g/mol. The van der Waals surface area contributed by atoms with Gasteiger partial charge in [-0.15, -0.1) is 0 Å². The van der Waals surface area contributed by atoms with Crippen LogP contribution in [0.5, 0.6) is 11.5 Å². The maximum absolute atomic E-state index is 12.0. The van der Waals surface area contributed by atoms with Crippen LogP contribution in [0.4, 0.5) is 0 Å². The summed E-state index contributed by atoms with van der Waals surface area (Å²) in [7, 11) is 0. The van der Waals surface area contributed by atoms with Crippen LogP contribution < -0.4 is 9.47 Å². The van der Waals surface area contributed by atoms with Crippen LogP contribution in [0.3, 0.4) is 0 Å².